The molecule has 19 heavy (non-hydrogen) atoms. The normalized spacial score (nSPS) is 19.1. The van der Waals surface area contributed by atoms with Crippen LogP contribution in [-0.4, -0.2) is 16.8 Å². The summed E-state index contributed by atoms with van der Waals surface area (Å²) in [7, 11) is 0. The largest absolute Gasteiger partial charge is 0.309 e. The predicted octanol–water partition coefficient (Wildman–Crippen LogP) is 3.45. The van der Waals surface area contributed by atoms with Crippen molar-refractivity contribution in [3.05, 3.63) is 59.9 Å². The zero-order chi connectivity index (χ0) is 13.1. The van der Waals surface area contributed by atoms with Crippen LogP contribution < -0.4 is 5.32 Å². The van der Waals surface area contributed by atoms with Crippen LogP contribution in [0.5, 0.6) is 0 Å². The molecule has 3 rings (SSSR count). The molecule has 0 spiro atoms. The molecule has 1 aliphatic rings. The second kappa shape index (κ2) is 5.76. The maximum absolute atomic E-state index is 4.17. The van der Waals surface area contributed by atoms with Gasteiger partial charge in [0.1, 0.15) is 0 Å². The van der Waals surface area contributed by atoms with Gasteiger partial charge in [0.25, 0.3) is 0 Å². The number of pyridine rings is 1. The Balaban J connectivity index is 1.55. The van der Waals surface area contributed by atoms with Crippen LogP contribution in [0.25, 0.3) is 0 Å². The zero-order valence-electron chi connectivity index (χ0n) is 11.0. The van der Waals surface area contributed by atoms with Crippen molar-refractivity contribution in [3.63, 3.8) is 0 Å². The van der Waals surface area contributed by atoms with Crippen LogP contribution in [0.2, 0.25) is 0 Å². The Hall–Kier alpha value is -1.32. The highest BCUT2D eigenvalue weighted by Gasteiger charge is 2.21. The number of rotatable bonds is 4. The van der Waals surface area contributed by atoms with Gasteiger partial charge in [-0.25, -0.2) is 0 Å². The summed E-state index contributed by atoms with van der Waals surface area (Å²) in [5, 5.41) is 4.26. The van der Waals surface area contributed by atoms with Crippen LogP contribution in [0.1, 0.15) is 24.1 Å². The van der Waals surface area contributed by atoms with E-state index in [4.69, 9.17) is 0 Å². The first-order valence-electron chi connectivity index (χ1n) is 6.71. The van der Waals surface area contributed by atoms with E-state index in [-0.39, 0.29) is 0 Å². The highest BCUT2D eigenvalue weighted by molar-refractivity contribution is 8.00. The average molecular weight is 270 g/mol. The number of hydrogen-bond donors (Lipinski definition) is 1. The number of thioether (sulfide) groups is 1. The van der Waals surface area contributed by atoms with Gasteiger partial charge in [-0.1, -0.05) is 24.3 Å². The predicted molar refractivity (Wildman–Crippen MR) is 80.4 cm³/mol. The quantitative estimate of drug-likeness (QED) is 0.921. The Morgan fingerprint density at radius 2 is 2.21 bits per heavy atom. The number of nitrogens with one attached hydrogen (secondary N) is 1. The van der Waals surface area contributed by atoms with Crippen molar-refractivity contribution >= 4 is 11.8 Å². The SMILES string of the molecule is C[C@H](NCC1Cc2ccccc2S1)c1cccnc1. The van der Waals surface area contributed by atoms with Crippen molar-refractivity contribution in [2.24, 2.45) is 0 Å². The van der Waals surface area contributed by atoms with Crippen molar-refractivity contribution in [2.75, 3.05) is 6.54 Å². The first-order chi connectivity index (χ1) is 9.33. The smallest absolute Gasteiger partial charge is 0.0315 e. The summed E-state index contributed by atoms with van der Waals surface area (Å²) in [6.45, 7) is 3.24. The molecule has 1 aromatic carbocycles. The topological polar surface area (TPSA) is 24.9 Å². The minimum atomic E-state index is 0.359. The molecule has 1 N–H and O–H groups in total. The molecule has 98 valence electrons. The molecule has 0 aliphatic carbocycles. The highest BCUT2D eigenvalue weighted by atomic mass is 32.2. The van der Waals surface area contributed by atoms with Crippen LogP contribution in [0, 0.1) is 0 Å². The van der Waals surface area contributed by atoms with E-state index in [0.717, 1.165) is 6.54 Å². The number of nitrogens with zero attached hydrogens (tertiary/aromatic N) is 1. The monoisotopic (exact) mass is 270 g/mol. The Morgan fingerprint density at radius 1 is 1.32 bits per heavy atom. The van der Waals surface area contributed by atoms with E-state index in [9.17, 15) is 0 Å². The van der Waals surface area contributed by atoms with Crippen LogP contribution >= 0.6 is 11.8 Å². The molecule has 1 unspecified atom stereocenters. The first-order valence-corrected chi connectivity index (χ1v) is 7.59. The fourth-order valence-corrected chi connectivity index (χ4v) is 3.69. The lowest BCUT2D eigenvalue weighted by atomic mass is 10.1. The summed E-state index contributed by atoms with van der Waals surface area (Å²) in [4.78, 5) is 5.62. The van der Waals surface area contributed by atoms with Crippen molar-refractivity contribution < 1.29 is 0 Å². The molecular formula is C16H18N2S. The van der Waals surface area contributed by atoms with E-state index in [2.05, 4.69) is 47.6 Å². The Morgan fingerprint density at radius 3 is 3.00 bits per heavy atom. The van der Waals surface area contributed by atoms with Crippen LogP contribution in [0.4, 0.5) is 0 Å². The molecule has 2 heterocycles. The Kier molecular flexibility index (Phi) is 3.85. The Bertz CT molecular complexity index is 516. The maximum atomic E-state index is 4.17. The minimum absolute atomic E-state index is 0.359. The molecule has 0 saturated heterocycles. The summed E-state index contributed by atoms with van der Waals surface area (Å²) in [5.74, 6) is 0. The van der Waals surface area contributed by atoms with Gasteiger partial charge in [0, 0.05) is 35.1 Å². The second-order valence-electron chi connectivity index (χ2n) is 4.97. The molecule has 0 fully saturated rings. The number of fused-ring (bicyclic) bond motifs is 1. The molecule has 0 radical (unpaired) electrons. The molecule has 2 nitrogen and oxygen atoms in total. The van der Waals surface area contributed by atoms with E-state index >= 15 is 0 Å². The lowest BCUT2D eigenvalue weighted by Gasteiger charge is -2.16. The third-order valence-corrected chi connectivity index (χ3v) is 4.87. The van der Waals surface area contributed by atoms with Crippen molar-refractivity contribution in [2.45, 2.75) is 29.5 Å². The van der Waals surface area contributed by atoms with Crippen LogP contribution in [-0.2, 0) is 6.42 Å². The van der Waals surface area contributed by atoms with Crippen molar-refractivity contribution in [1.82, 2.24) is 10.3 Å². The van der Waals surface area contributed by atoms with Gasteiger partial charge in [0.05, 0.1) is 0 Å². The zero-order valence-corrected chi connectivity index (χ0v) is 11.9. The molecule has 3 heteroatoms. The van der Waals surface area contributed by atoms with Crippen molar-refractivity contribution in [1.29, 1.82) is 0 Å². The van der Waals surface area contributed by atoms with Gasteiger partial charge in [0.15, 0.2) is 0 Å². The Labute approximate surface area is 118 Å². The van der Waals surface area contributed by atoms with E-state index in [1.807, 2.05) is 30.2 Å². The summed E-state index contributed by atoms with van der Waals surface area (Å²) in [6.07, 6.45) is 4.93. The van der Waals surface area contributed by atoms with Gasteiger partial charge < -0.3 is 5.32 Å². The van der Waals surface area contributed by atoms with E-state index < -0.39 is 0 Å². The molecule has 0 bridgehead atoms. The average Bonchev–Trinajstić information content (AvgIpc) is 2.88. The maximum Gasteiger partial charge on any atom is 0.0315 e. The van der Waals surface area contributed by atoms with Gasteiger partial charge in [-0.15, -0.1) is 11.8 Å². The fourth-order valence-electron chi connectivity index (χ4n) is 2.43. The van der Waals surface area contributed by atoms with Gasteiger partial charge in [-0.2, -0.15) is 0 Å². The third-order valence-electron chi connectivity index (χ3n) is 3.55. The molecule has 1 aliphatic heterocycles. The van der Waals surface area contributed by atoms with E-state index in [0.29, 0.717) is 11.3 Å². The first kappa shape index (κ1) is 12.7. The molecule has 2 aromatic rings. The molecule has 1 aromatic heterocycles. The van der Waals surface area contributed by atoms with Gasteiger partial charge in [0.2, 0.25) is 0 Å². The standard InChI is InChI=1S/C16H18N2S/c1-12(14-6-4-8-17-10-14)18-11-15-9-13-5-2-3-7-16(13)19-15/h2-8,10,12,15,18H,9,11H2,1H3/t12-,15?/m0/s1. The molecule has 0 amide bonds. The summed E-state index contributed by atoms with van der Waals surface area (Å²) < 4.78 is 0. The van der Waals surface area contributed by atoms with Crippen LogP contribution in [0.3, 0.4) is 0 Å². The van der Waals surface area contributed by atoms with E-state index in [1.54, 1.807) is 0 Å². The number of aromatic nitrogens is 1. The molecular weight excluding hydrogens is 252 g/mol. The lowest BCUT2D eigenvalue weighted by Crippen LogP contribution is -2.27. The molecule has 0 saturated carbocycles. The van der Waals surface area contributed by atoms with Gasteiger partial charge in [-0.05, 0) is 36.6 Å². The van der Waals surface area contributed by atoms with Gasteiger partial charge >= 0.3 is 0 Å². The summed E-state index contributed by atoms with van der Waals surface area (Å²) >= 11 is 2.00. The second-order valence-corrected chi connectivity index (χ2v) is 6.31. The van der Waals surface area contributed by atoms with E-state index in [1.165, 1.54) is 22.4 Å². The highest BCUT2D eigenvalue weighted by Crippen LogP contribution is 2.36. The number of benzene rings is 1. The third kappa shape index (κ3) is 2.99. The van der Waals surface area contributed by atoms with Crippen molar-refractivity contribution in [3.8, 4) is 0 Å². The summed E-state index contributed by atoms with van der Waals surface area (Å²) in [5.41, 5.74) is 2.75. The summed E-state index contributed by atoms with van der Waals surface area (Å²) in [6, 6.07) is 13.2. The fraction of sp³-hybridized carbons (Fsp3) is 0.312. The molecule has 2 atom stereocenters. The number of hydrogen-bond acceptors (Lipinski definition) is 3. The van der Waals surface area contributed by atoms with Gasteiger partial charge in [-0.3, -0.25) is 4.98 Å². The van der Waals surface area contributed by atoms with Crippen LogP contribution in [0.15, 0.2) is 53.7 Å². The lowest BCUT2D eigenvalue weighted by molar-refractivity contribution is 0.565. The minimum Gasteiger partial charge on any atom is -0.309 e.